The van der Waals surface area contributed by atoms with Crippen molar-refractivity contribution in [2.75, 3.05) is 0 Å². The van der Waals surface area contributed by atoms with Gasteiger partial charge in [0.15, 0.2) is 0 Å². The maximum atomic E-state index is 9.28. The molecular formula is C10H9N3OS. The lowest BCUT2D eigenvalue weighted by Gasteiger charge is -1.98. The van der Waals surface area contributed by atoms with Crippen LogP contribution in [-0.4, -0.2) is 10.1 Å². The van der Waals surface area contributed by atoms with Crippen molar-refractivity contribution < 1.29 is 5.11 Å². The van der Waals surface area contributed by atoms with E-state index in [1.54, 1.807) is 24.4 Å². The van der Waals surface area contributed by atoms with Crippen LogP contribution in [0.5, 0.6) is 5.75 Å². The molecule has 0 saturated heterocycles. The van der Waals surface area contributed by atoms with E-state index in [4.69, 9.17) is 0 Å². The van der Waals surface area contributed by atoms with Gasteiger partial charge in [-0.05, 0) is 18.6 Å². The first-order valence-electron chi connectivity index (χ1n) is 4.36. The van der Waals surface area contributed by atoms with Gasteiger partial charge < -0.3 is 5.11 Å². The first kappa shape index (κ1) is 9.79. The van der Waals surface area contributed by atoms with Gasteiger partial charge in [-0.2, -0.15) is 0 Å². The van der Waals surface area contributed by atoms with E-state index < -0.39 is 0 Å². The average Bonchev–Trinajstić information content (AvgIpc) is 2.72. The maximum Gasteiger partial charge on any atom is 0.229 e. The second-order valence-electron chi connectivity index (χ2n) is 2.99. The minimum absolute atomic E-state index is 0.189. The first-order valence-corrected chi connectivity index (χ1v) is 5.24. The molecule has 4 nitrogen and oxygen atoms in total. The molecule has 1 heterocycles. The molecule has 1 N–H and O–H groups in total. The molecule has 1 aromatic carbocycles. The Morgan fingerprint density at radius 3 is 2.93 bits per heavy atom. The molecule has 2 aromatic rings. The average molecular weight is 219 g/mol. The third kappa shape index (κ3) is 2.38. The number of rotatable bonds is 2. The van der Waals surface area contributed by atoms with Crippen molar-refractivity contribution in [1.82, 2.24) is 4.98 Å². The monoisotopic (exact) mass is 219 g/mol. The Labute approximate surface area is 91.0 Å². The van der Waals surface area contributed by atoms with Gasteiger partial charge in [-0.1, -0.05) is 6.07 Å². The smallest absolute Gasteiger partial charge is 0.229 e. The molecule has 0 bridgehead atoms. The number of aromatic hydroxyl groups is 1. The molecule has 0 aliphatic carbocycles. The van der Waals surface area contributed by atoms with Gasteiger partial charge in [0.25, 0.3) is 0 Å². The van der Waals surface area contributed by atoms with Gasteiger partial charge in [0.05, 0.1) is 5.69 Å². The highest BCUT2D eigenvalue weighted by Gasteiger charge is 1.98. The summed E-state index contributed by atoms with van der Waals surface area (Å²) in [6, 6.07) is 5.00. The fraction of sp³-hybridized carbons (Fsp3) is 0.100. The summed E-state index contributed by atoms with van der Waals surface area (Å²) in [7, 11) is 0. The Bertz CT molecular complexity index is 479. The molecule has 0 radical (unpaired) electrons. The normalized spacial score (nSPS) is 11.0. The largest absolute Gasteiger partial charge is 0.508 e. The Morgan fingerprint density at radius 2 is 2.20 bits per heavy atom. The highest BCUT2D eigenvalue weighted by Crippen LogP contribution is 2.26. The van der Waals surface area contributed by atoms with Gasteiger partial charge >= 0.3 is 0 Å². The number of hydrogen-bond donors (Lipinski definition) is 1. The lowest BCUT2D eigenvalue weighted by molar-refractivity contribution is 0.475. The van der Waals surface area contributed by atoms with E-state index >= 15 is 0 Å². The summed E-state index contributed by atoms with van der Waals surface area (Å²) >= 11 is 1.42. The quantitative estimate of drug-likeness (QED) is 0.785. The summed E-state index contributed by atoms with van der Waals surface area (Å²) in [6.45, 7) is 1.91. The molecule has 0 aliphatic heterocycles. The Morgan fingerprint density at radius 1 is 1.33 bits per heavy atom. The number of hydrogen-bond acceptors (Lipinski definition) is 5. The van der Waals surface area contributed by atoms with Crippen molar-refractivity contribution in [3.63, 3.8) is 0 Å². The topological polar surface area (TPSA) is 57.8 Å². The lowest BCUT2D eigenvalue weighted by Crippen LogP contribution is -1.72. The van der Waals surface area contributed by atoms with Gasteiger partial charge in [0.2, 0.25) is 5.13 Å². The van der Waals surface area contributed by atoms with Crippen molar-refractivity contribution in [2.45, 2.75) is 6.92 Å². The number of aryl methyl sites for hydroxylation is 1. The molecule has 0 aliphatic rings. The maximum absolute atomic E-state index is 9.28. The number of thiazole rings is 1. The Balaban J connectivity index is 2.27. The summed E-state index contributed by atoms with van der Waals surface area (Å²) in [5.74, 6) is 0.189. The van der Waals surface area contributed by atoms with Gasteiger partial charge in [0.1, 0.15) is 5.75 Å². The van der Waals surface area contributed by atoms with Crippen LogP contribution in [0.25, 0.3) is 0 Å². The van der Waals surface area contributed by atoms with Crippen LogP contribution in [0.15, 0.2) is 40.0 Å². The second kappa shape index (κ2) is 4.18. The van der Waals surface area contributed by atoms with Gasteiger partial charge in [-0.15, -0.1) is 21.6 Å². The highest BCUT2D eigenvalue weighted by molar-refractivity contribution is 7.13. The Hall–Kier alpha value is -1.75. The molecule has 5 heteroatoms. The number of benzene rings is 1. The summed E-state index contributed by atoms with van der Waals surface area (Å²) in [6.07, 6.45) is 1.67. The van der Waals surface area contributed by atoms with E-state index in [-0.39, 0.29) is 5.75 Å². The van der Waals surface area contributed by atoms with E-state index in [9.17, 15) is 5.11 Å². The van der Waals surface area contributed by atoms with Crippen LogP contribution >= 0.6 is 11.3 Å². The van der Waals surface area contributed by atoms with Crippen LogP contribution in [0.2, 0.25) is 0 Å². The highest BCUT2D eigenvalue weighted by atomic mass is 32.1. The molecule has 0 spiro atoms. The van der Waals surface area contributed by atoms with E-state index in [2.05, 4.69) is 15.2 Å². The van der Waals surface area contributed by atoms with Gasteiger partial charge in [0, 0.05) is 17.6 Å². The lowest BCUT2D eigenvalue weighted by atomic mass is 10.2. The van der Waals surface area contributed by atoms with E-state index in [1.165, 1.54) is 11.3 Å². The third-order valence-electron chi connectivity index (χ3n) is 1.86. The van der Waals surface area contributed by atoms with Crippen LogP contribution in [-0.2, 0) is 0 Å². The van der Waals surface area contributed by atoms with E-state index in [0.717, 1.165) is 5.56 Å². The number of azo groups is 1. The molecule has 0 amide bonds. The van der Waals surface area contributed by atoms with Crippen LogP contribution in [0.1, 0.15) is 5.56 Å². The minimum Gasteiger partial charge on any atom is -0.508 e. The van der Waals surface area contributed by atoms with Crippen LogP contribution in [0.4, 0.5) is 10.8 Å². The zero-order chi connectivity index (χ0) is 10.7. The summed E-state index contributed by atoms with van der Waals surface area (Å²) in [5, 5.41) is 19.7. The van der Waals surface area contributed by atoms with Crippen LogP contribution < -0.4 is 0 Å². The summed E-state index contributed by atoms with van der Waals surface area (Å²) < 4.78 is 0. The number of phenolic OH excluding ortho intramolecular Hbond substituents is 1. The minimum atomic E-state index is 0.189. The first-order chi connectivity index (χ1) is 7.25. The molecular weight excluding hydrogens is 210 g/mol. The molecule has 0 fully saturated rings. The van der Waals surface area contributed by atoms with Crippen molar-refractivity contribution >= 4 is 22.2 Å². The molecule has 76 valence electrons. The SMILES string of the molecule is Cc1ccc(O)cc1N=Nc1nccs1. The molecule has 2 rings (SSSR count). The Kier molecular flexibility index (Phi) is 2.73. The van der Waals surface area contributed by atoms with Gasteiger partial charge in [-0.25, -0.2) is 4.98 Å². The third-order valence-corrected chi connectivity index (χ3v) is 2.51. The standard InChI is InChI=1S/C10H9N3OS/c1-7-2-3-8(14)6-9(7)12-13-10-11-4-5-15-10/h2-6,14H,1H3. The zero-order valence-corrected chi connectivity index (χ0v) is 8.90. The zero-order valence-electron chi connectivity index (χ0n) is 8.08. The molecule has 0 atom stereocenters. The molecule has 15 heavy (non-hydrogen) atoms. The van der Waals surface area contributed by atoms with Crippen LogP contribution in [0, 0.1) is 6.92 Å². The van der Waals surface area contributed by atoms with Crippen molar-refractivity contribution in [2.24, 2.45) is 10.2 Å². The number of aromatic nitrogens is 1. The molecule has 0 unspecified atom stereocenters. The van der Waals surface area contributed by atoms with Crippen molar-refractivity contribution in [3.05, 3.63) is 35.3 Å². The van der Waals surface area contributed by atoms with Crippen molar-refractivity contribution in [1.29, 1.82) is 0 Å². The predicted octanol–water partition coefficient (Wildman–Crippen LogP) is 3.57. The summed E-state index contributed by atoms with van der Waals surface area (Å²) in [5.41, 5.74) is 1.62. The molecule has 0 saturated carbocycles. The fourth-order valence-corrected chi connectivity index (χ4v) is 1.52. The second-order valence-corrected chi connectivity index (χ2v) is 3.86. The van der Waals surface area contributed by atoms with Crippen LogP contribution in [0.3, 0.4) is 0 Å². The number of nitrogens with zero attached hydrogens (tertiary/aromatic N) is 3. The van der Waals surface area contributed by atoms with Crippen molar-refractivity contribution in [3.8, 4) is 5.75 Å². The number of phenols is 1. The van der Waals surface area contributed by atoms with E-state index in [0.29, 0.717) is 10.8 Å². The predicted molar refractivity (Wildman–Crippen MR) is 59.1 cm³/mol. The van der Waals surface area contributed by atoms with Gasteiger partial charge in [-0.3, -0.25) is 0 Å². The summed E-state index contributed by atoms with van der Waals surface area (Å²) in [4.78, 5) is 3.98. The van der Waals surface area contributed by atoms with E-state index in [1.807, 2.05) is 12.3 Å². The fourth-order valence-electron chi connectivity index (χ4n) is 1.07. The molecule has 1 aromatic heterocycles.